The number of benzene rings is 3. The lowest BCUT2D eigenvalue weighted by Gasteiger charge is -2.41. The van der Waals surface area contributed by atoms with Crippen molar-refractivity contribution in [1.29, 1.82) is 0 Å². The molecule has 6 rings (SSSR count). The molecule has 51 heavy (non-hydrogen) atoms. The first-order chi connectivity index (χ1) is 24.3. The summed E-state index contributed by atoms with van der Waals surface area (Å²) in [5, 5.41) is -0.210. The number of ether oxygens (including phenoxy) is 3. The second kappa shape index (κ2) is 15.2. The Kier molecular flexibility index (Phi) is 11.3. The van der Waals surface area contributed by atoms with Gasteiger partial charge in [-0.1, -0.05) is 116 Å². The van der Waals surface area contributed by atoms with E-state index < -0.39 is 55.5 Å². The number of hydrogen-bond donors (Lipinski definition) is 1. The van der Waals surface area contributed by atoms with Crippen LogP contribution >= 0.6 is 28.5 Å². The van der Waals surface area contributed by atoms with Crippen molar-refractivity contribution in [2.24, 2.45) is 0 Å². The number of rotatable bonds is 12. The molecule has 2 aliphatic heterocycles. The molecule has 0 aliphatic carbocycles. The van der Waals surface area contributed by atoms with E-state index in [0.29, 0.717) is 17.3 Å². The van der Waals surface area contributed by atoms with Crippen LogP contribution in [0.25, 0.3) is 0 Å². The van der Waals surface area contributed by atoms with E-state index in [1.165, 1.54) is 39.6 Å². The number of H-pyrrole nitrogens is 1. The zero-order chi connectivity index (χ0) is 36.4. The van der Waals surface area contributed by atoms with Gasteiger partial charge in [0, 0.05) is 23.8 Å². The topological polar surface area (TPSA) is 118 Å². The van der Waals surface area contributed by atoms with E-state index in [2.05, 4.69) is 38.8 Å². The van der Waals surface area contributed by atoms with Crippen molar-refractivity contribution < 1.29 is 27.7 Å². The molecular weight excluding hydrogens is 724 g/mol. The molecule has 3 aromatic carbocycles. The quantitative estimate of drug-likeness (QED) is 0.0869. The fourth-order valence-electron chi connectivity index (χ4n) is 6.14. The molecule has 0 bridgehead atoms. The number of nitrogens with one attached hydrogen (secondary N) is 1. The van der Waals surface area contributed by atoms with Gasteiger partial charge in [-0.15, -0.1) is 0 Å². The van der Waals surface area contributed by atoms with Crippen LogP contribution < -0.4 is 16.0 Å². The Morgan fingerprint density at radius 3 is 1.96 bits per heavy atom. The maximum absolute atomic E-state index is 14.1. The van der Waals surface area contributed by atoms with Crippen LogP contribution in [0.2, 0.25) is 18.1 Å². The van der Waals surface area contributed by atoms with Gasteiger partial charge in [0.1, 0.15) is 29.7 Å². The summed E-state index contributed by atoms with van der Waals surface area (Å²) in [4.78, 5) is 27.8. The Hall–Kier alpha value is -2.87. The lowest BCUT2D eigenvalue weighted by Crippen LogP contribution is -2.50. The van der Waals surface area contributed by atoms with E-state index >= 15 is 0 Å². The fraction of sp³-hybridized carbons (Fsp3) is 0.405. The summed E-state index contributed by atoms with van der Waals surface area (Å²) >= 11 is 2.61. The van der Waals surface area contributed by atoms with Crippen molar-refractivity contribution in [1.82, 2.24) is 9.55 Å². The van der Waals surface area contributed by atoms with Gasteiger partial charge in [0.2, 0.25) is 0 Å². The Balaban J connectivity index is 1.49. The highest BCUT2D eigenvalue weighted by Gasteiger charge is 2.55. The predicted octanol–water partition coefficient (Wildman–Crippen LogP) is 7.82. The minimum Gasteiger partial charge on any atom is -0.497 e. The second-order valence-electron chi connectivity index (χ2n) is 14.1. The Morgan fingerprint density at radius 2 is 1.43 bits per heavy atom. The molecule has 1 aromatic heterocycles. The summed E-state index contributed by atoms with van der Waals surface area (Å²) in [5.74, 6) is -1.12. The summed E-state index contributed by atoms with van der Waals surface area (Å²) in [6.45, 7) is 10.6. The van der Waals surface area contributed by atoms with Gasteiger partial charge in [-0.2, -0.15) is 0 Å². The lowest BCUT2D eigenvalue weighted by molar-refractivity contribution is -0.0932. The molecule has 272 valence electrons. The van der Waals surface area contributed by atoms with Crippen molar-refractivity contribution >= 4 is 36.9 Å². The SMILES string of the molecule is COc1ccc(C(OC[C@H]2O[C@@H](n3ccc(=O)[nH]c3=O)[C@H](O[Si](C)(C)C(C)(C)C)[C@@H]2OP2(=O)SCCS2)(c2ccccc2)c2ccccc2)cc1. The van der Waals surface area contributed by atoms with E-state index in [1.807, 2.05) is 84.9 Å². The Bertz CT molecular complexity index is 1900. The molecule has 0 saturated carbocycles. The largest absolute Gasteiger partial charge is 0.497 e. The molecule has 0 unspecified atom stereocenters. The second-order valence-corrected chi connectivity index (χ2v) is 26.4. The monoisotopic (exact) mass is 768 g/mol. The van der Waals surface area contributed by atoms with Crippen LogP contribution in [0.1, 0.15) is 43.7 Å². The first-order valence-corrected chi connectivity index (χ1v) is 24.6. The molecule has 2 aliphatic rings. The van der Waals surface area contributed by atoms with Crippen LogP contribution in [-0.2, 0) is 28.6 Å². The Morgan fingerprint density at radius 1 is 0.863 bits per heavy atom. The highest BCUT2D eigenvalue weighted by atomic mass is 33.1. The van der Waals surface area contributed by atoms with Gasteiger partial charge in [-0.3, -0.25) is 18.9 Å². The summed E-state index contributed by atoms with van der Waals surface area (Å²) in [6.07, 6.45) is -2.16. The van der Waals surface area contributed by atoms with Gasteiger partial charge in [0.05, 0.1) is 13.7 Å². The summed E-state index contributed by atoms with van der Waals surface area (Å²) < 4.78 is 48.6. The average molecular weight is 769 g/mol. The number of aromatic amines is 1. The van der Waals surface area contributed by atoms with E-state index in [-0.39, 0.29) is 11.6 Å². The van der Waals surface area contributed by atoms with Gasteiger partial charge in [0.15, 0.2) is 14.5 Å². The van der Waals surface area contributed by atoms with Crippen molar-refractivity contribution in [3.05, 3.63) is 135 Å². The van der Waals surface area contributed by atoms with Gasteiger partial charge in [-0.25, -0.2) is 4.79 Å². The summed E-state index contributed by atoms with van der Waals surface area (Å²) in [5.41, 5.74) is 0.333. The van der Waals surface area contributed by atoms with Gasteiger partial charge >= 0.3 is 11.5 Å². The highest BCUT2D eigenvalue weighted by molar-refractivity contribution is 8.90. The maximum Gasteiger partial charge on any atom is 0.330 e. The Labute approximate surface area is 307 Å². The van der Waals surface area contributed by atoms with E-state index in [1.54, 1.807) is 7.11 Å². The van der Waals surface area contributed by atoms with Crippen molar-refractivity contribution in [3.8, 4) is 5.75 Å². The molecule has 10 nitrogen and oxygen atoms in total. The van der Waals surface area contributed by atoms with Crippen LogP contribution in [0.3, 0.4) is 0 Å². The smallest absolute Gasteiger partial charge is 0.330 e. The molecule has 4 aromatic rings. The first kappa shape index (κ1) is 37.9. The van der Waals surface area contributed by atoms with Crippen LogP contribution in [0, 0.1) is 0 Å². The molecule has 0 radical (unpaired) electrons. The van der Waals surface area contributed by atoms with Crippen LogP contribution in [0.5, 0.6) is 5.75 Å². The zero-order valence-corrected chi connectivity index (χ0v) is 33.2. The maximum atomic E-state index is 14.1. The first-order valence-electron chi connectivity index (χ1n) is 16.9. The summed E-state index contributed by atoms with van der Waals surface area (Å²) in [7, 11) is -0.926. The van der Waals surface area contributed by atoms with Crippen molar-refractivity contribution in [2.75, 3.05) is 25.2 Å². The van der Waals surface area contributed by atoms with Crippen LogP contribution in [-0.4, -0.2) is 61.4 Å². The molecule has 3 heterocycles. The number of hydrogen-bond acceptors (Lipinski definition) is 10. The third-order valence-corrected chi connectivity index (χ3v) is 21.8. The van der Waals surface area contributed by atoms with E-state index in [9.17, 15) is 14.2 Å². The third kappa shape index (κ3) is 7.91. The minimum atomic E-state index is -3.21. The zero-order valence-electron chi connectivity index (χ0n) is 29.6. The van der Waals surface area contributed by atoms with Gasteiger partial charge < -0.3 is 23.2 Å². The number of methoxy groups -OCH3 is 1. The normalized spacial score (nSPS) is 22.2. The predicted molar refractivity (Wildman–Crippen MR) is 206 cm³/mol. The number of nitrogens with zero attached hydrogens (tertiary/aromatic N) is 1. The van der Waals surface area contributed by atoms with Crippen LogP contribution in [0.15, 0.2) is 107 Å². The molecule has 2 fully saturated rings. The minimum absolute atomic E-state index is 0.0260. The molecular formula is C37H45N2O8PS2Si. The summed E-state index contributed by atoms with van der Waals surface area (Å²) in [6, 6.07) is 29.0. The molecule has 2 saturated heterocycles. The average Bonchev–Trinajstić information content (AvgIpc) is 3.68. The van der Waals surface area contributed by atoms with E-state index in [0.717, 1.165) is 16.7 Å². The molecule has 14 heteroatoms. The standard InChI is InChI=1S/C37H45N2O8PS2Si/c1-36(2,3)51(5,6)47-33-32(46-48(42)49-23-24-50-48)30(45-34(33)39-22-21-31(40)38-35(39)41)25-44-37(26-13-9-7-10-14-26,27-15-11-8-12-16-27)28-17-19-29(43-4)20-18-28/h7-22,30,32-34H,23-25H2,1-6H3,(H,38,40,41)/t30-,32-,33-,34-/m1/s1. The lowest BCUT2D eigenvalue weighted by atomic mass is 9.80. The highest BCUT2D eigenvalue weighted by Crippen LogP contribution is 2.75. The molecule has 4 atom stereocenters. The number of aromatic nitrogens is 2. The van der Waals surface area contributed by atoms with Crippen LogP contribution in [0.4, 0.5) is 0 Å². The molecule has 0 spiro atoms. The van der Waals surface area contributed by atoms with Gasteiger partial charge in [-0.05, 0) is 47.0 Å². The fourth-order valence-corrected chi connectivity index (χ4v) is 15.1. The van der Waals surface area contributed by atoms with Crippen molar-refractivity contribution in [3.63, 3.8) is 0 Å². The van der Waals surface area contributed by atoms with Crippen molar-refractivity contribution in [2.45, 2.75) is 69.0 Å². The molecule has 0 amide bonds. The van der Waals surface area contributed by atoms with Gasteiger partial charge in [0.25, 0.3) is 5.56 Å². The molecule has 1 N–H and O–H groups in total. The van der Waals surface area contributed by atoms with E-state index in [4.69, 9.17) is 23.2 Å². The third-order valence-electron chi connectivity index (χ3n) is 9.80.